The summed E-state index contributed by atoms with van der Waals surface area (Å²) >= 11 is 0. The van der Waals surface area contributed by atoms with Crippen LogP contribution in [0.25, 0.3) is 0 Å². The first-order valence-corrected chi connectivity index (χ1v) is 3.90. The largest absolute Gasteiger partial charge is 0.337 e. The smallest absolute Gasteiger partial charge is 0.272 e. The highest BCUT2D eigenvalue weighted by molar-refractivity contribution is 5.92. The lowest BCUT2D eigenvalue weighted by molar-refractivity contribution is 0.0942. The molecule has 1 N–H and O–H groups in total. The molecule has 1 aromatic heterocycles. The van der Waals surface area contributed by atoms with Crippen LogP contribution >= 0.6 is 0 Å². The minimum Gasteiger partial charge on any atom is -0.337 e. The van der Waals surface area contributed by atoms with E-state index in [1.807, 2.05) is 0 Å². The van der Waals surface area contributed by atoms with Crippen LogP contribution in [0, 0.1) is 12.3 Å². The van der Waals surface area contributed by atoms with Gasteiger partial charge in [-0.3, -0.25) is 9.48 Å². The van der Waals surface area contributed by atoms with Gasteiger partial charge in [0, 0.05) is 13.2 Å². The van der Waals surface area contributed by atoms with Crippen molar-refractivity contribution in [3.05, 3.63) is 18.0 Å². The molecule has 0 aliphatic carbocycles. The number of amides is 1. The van der Waals surface area contributed by atoms with Crippen LogP contribution in [0.15, 0.2) is 12.3 Å². The van der Waals surface area contributed by atoms with Crippen LogP contribution in [-0.4, -0.2) is 21.7 Å². The Morgan fingerprint density at radius 3 is 3.00 bits per heavy atom. The molecule has 13 heavy (non-hydrogen) atoms. The molecule has 1 atom stereocenters. The molecule has 0 fully saturated rings. The normalized spacial score (nSPS) is 11.8. The van der Waals surface area contributed by atoms with Crippen molar-refractivity contribution in [3.8, 4) is 12.3 Å². The maximum atomic E-state index is 11.3. The maximum absolute atomic E-state index is 11.3. The van der Waals surface area contributed by atoms with E-state index in [0.717, 1.165) is 0 Å². The maximum Gasteiger partial charge on any atom is 0.272 e. The third-order valence-corrected chi connectivity index (χ3v) is 1.54. The molecular formula is C9H11N3O. The quantitative estimate of drug-likeness (QED) is 0.655. The number of aryl methyl sites for hydroxylation is 1. The first-order chi connectivity index (χ1) is 6.13. The average molecular weight is 177 g/mol. The highest BCUT2D eigenvalue weighted by Crippen LogP contribution is 1.94. The number of nitrogens with zero attached hydrogens (tertiary/aromatic N) is 2. The summed E-state index contributed by atoms with van der Waals surface area (Å²) in [6, 6.07) is 1.37. The van der Waals surface area contributed by atoms with E-state index >= 15 is 0 Å². The van der Waals surface area contributed by atoms with Gasteiger partial charge in [-0.1, -0.05) is 5.92 Å². The number of carbonyl (C=O) groups is 1. The Kier molecular flexibility index (Phi) is 2.70. The number of aromatic nitrogens is 2. The van der Waals surface area contributed by atoms with Gasteiger partial charge in [-0.25, -0.2) is 0 Å². The molecular weight excluding hydrogens is 166 g/mol. The zero-order chi connectivity index (χ0) is 9.84. The molecule has 0 aliphatic heterocycles. The Morgan fingerprint density at radius 2 is 2.54 bits per heavy atom. The van der Waals surface area contributed by atoms with Gasteiger partial charge in [-0.15, -0.1) is 6.42 Å². The van der Waals surface area contributed by atoms with E-state index in [-0.39, 0.29) is 11.9 Å². The van der Waals surface area contributed by atoms with Crippen molar-refractivity contribution in [1.29, 1.82) is 0 Å². The summed E-state index contributed by atoms with van der Waals surface area (Å²) in [7, 11) is 1.75. The standard InChI is InChI=1S/C9H11N3O/c1-4-7(2)10-9(13)8-5-6-12(3)11-8/h1,5-7H,2-3H3,(H,10,13)/t7-/m0/s1. The van der Waals surface area contributed by atoms with Crippen molar-refractivity contribution < 1.29 is 4.79 Å². The monoisotopic (exact) mass is 177 g/mol. The summed E-state index contributed by atoms with van der Waals surface area (Å²) in [5.41, 5.74) is 0.379. The van der Waals surface area contributed by atoms with Crippen molar-refractivity contribution in [2.24, 2.45) is 7.05 Å². The van der Waals surface area contributed by atoms with Crippen LogP contribution in [-0.2, 0) is 7.05 Å². The van der Waals surface area contributed by atoms with E-state index in [1.165, 1.54) is 0 Å². The fourth-order valence-electron chi connectivity index (χ4n) is 0.848. The summed E-state index contributed by atoms with van der Waals surface area (Å²) in [5.74, 6) is 2.16. The lowest BCUT2D eigenvalue weighted by Crippen LogP contribution is -2.31. The van der Waals surface area contributed by atoms with Gasteiger partial charge in [-0.2, -0.15) is 5.10 Å². The minimum atomic E-state index is -0.269. The molecule has 4 heteroatoms. The Morgan fingerprint density at radius 1 is 1.85 bits per heavy atom. The summed E-state index contributed by atoms with van der Waals surface area (Å²) in [4.78, 5) is 11.3. The van der Waals surface area contributed by atoms with Crippen molar-refractivity contribution in [1.82, 2.24) is 15.1 Å². The summed E-state index contributed by atoms with van der Waals surface area (Å²) in [6.45, 7) is 1.74. The molecule has 0 bridgehead atoms. The lowest BCUT2D eigenvalue weighted by Gasteiger charge is -2.04. The predicted octanol–water partition coefficient (Wildman–Crippen LogP) is 0.172. The molecule has 4 nitrogen and oxygen atoms in total. The summed E-state index contributed by atoms with van der Waals surface area (Å²) in [5, 5.41) is 6.54. The highest BCUT2D eigenvalue weighted by atomic mass is 16.2. The predicted molar refractivity (Wildman–Crippen MR) is 49.0 cm³/mol. The molecule has 1 amide bonds. The van der Waals surface area contributed by atoms with E-state index < -0.39 is 0 Å². The van der Waals surface area contributed by atoms with E-state index in [1.54, 1.807) is 30.9 Å². The number of rotatable bonds is 2. The van der Waals surface area contributed by atoms with Gasteiger partial charge >= 0.3 is 0 Å². The van der Waals surface area contributed by atoms with Gasteiger partial charge < -0.3 is 5.32 Å². The number of hydrogen-bond donors (Lipinski definition) is 1. The van der Waals surface area contributed by atoms with Crippen molar-refractivity contribution in [2.75, 3.05) is 0 Å². The second-order valence-electron chi connectivity index (χ2n) is 2.74. The fourth-order valence-corrected chi connectivity index (χ4v) is 0.848. The highest BCUT2D eigenvalue weighted by Gasteiger charge is 2.09. The molecule has 68 valence electrons. The average Bonchev–Trinajstić information content (AvgIpc) is 2.51. The van der Waals surface area contributed by atoms with Crippen molar-refractivity contribution >= 4 is 5.91 Å². The Labute approximate surface area is 76.9 Å². The second kappa shape index (κ2) is 3.76. The van der Waals surface area contributed by atoms with Gasteiger partial charge in [0.1, 0.15) is 5.69 Å². The van der Waals surface area contributed by atoms with Gasteiger partial charge in [0.2, 0.25) is 0 Å². The molecule has 0 saturated carbocycles. The molecule has 0 aliphatic rings. The third kappa shape index (κ3) is 2.34. The molecule has 1 heterocycles. The molecule has 0 spiro atoms. The van der Waals surface area contributed by atoms with Gasteiger partial charge in [-0.05, 0) is 13.0 Å². The Hall–Kier alpha value is -1.76. The number of nitrogens with one attached hydrogen (secondary N) is 1. The molecule has 0 saturated heterocycles. The van der Waals surface area contributed by atoms with Crippen LogP contribution < -0.4 is 5.32 Å². The van der Waals surface area contributed by atoms with Crippen LogP contribution in [0.5, 0.6) is 0 Å². The van der Waals surface area contributed by atoms with Gasteiger partial charge in [0.05, 0.1) is 6.04 Å². The molecule has 1 rings (SSSR count). The van der Waals surface area contributed by atoms with Gasteiger partial charge in [0.15, 0.2) is 0 Å². The van der Waals surface area contributed by atoms with Crippen LogP contribution in [0.1, 0.15) is 17.4 Å². The van der Waals surface area contributed by atoms with Crippen LogP contribution in [0.2, 0.25) is 0 Å². The first kappa shape index (κ1) is 9.33. The second-order valence-corrected chi connectivity index (χ2v) is 2.74. The van der Waals surface area contributed by atoms with E-state index in [2.05, 4.69) is 16.3 Å². The first-order valence-electron chi connectivity index (χ1n) is 3.90. The van der Waals surface area contributed by atoms with E-state index in [0.29, 0.717) is 5.69 Å². The minimum absolute atomic E-state index is 0.244. The lowest BCUT2D eigenvalue weighted by atomic mass is 10.3. The van der Waals surface area contributed by atoms with E-state index in [9.17, 15) is 4.79 Å². The Balaban J connectivity index is 2.65. The van der Waals surface area contributed by atoms with E-state index in [4.69, 9.17) is 6.42 Å². The molecule has 0 unspecified atom stereocenters. The fraction of sp³-hybridized carbons (Fsp3) is 0.333. The third-order valence-electron chi connectivity index (χ3n) is 1.54. The van der Waals surface area contributed by atoms with Crippen molar-refractivity contribution in [3.63, 3.8) is 0 Å². The number of carbonyl (C=O) groups excluding carboxylic acids is 1. The van der Waals surface area contributed by atoms with Crippen molar-refractivity contribution in [2.45, 2.75) is 13.0 Å². The molecule has 1 aromatic rings. The van der Waals surface area contributed by atoms with Crippen LogP contribution in [0.4, 0.5) is 0 Å². The van der Waals surface area contributed by atoms with Gasteiger partial charge in [0.25, 0.3) is 5.91 Å². The Bertz CT molecular complexity index is 348. The number of hydrogen-bond acceptors (Lipinski definition) is 2. The summed E-state index contributed by atoms with van der Waals surface area (Å²) < 4.78 is 1.56. The number of terminal acetylenes is 1. The topological polar surface area (TPSA) is 46.9 Å². The zero-order valence-electron chi connectivity index (χ0n) is 7.61. The zero-order valence-corrected chi connectivity index (χ0v) is 7.61. The van der Waals surface area contributed by atoms with Crippen LogP contribution in [0.3, 0.4) is 0 Å². The molecule has 0 aromatic carbocycles. The molecule has 0 radical (unpaired) electrons. The summed E-state index contributed by atoms with van der Waals surface area (Å²) in [6.07, 6.45) is 6.82. The SMILES string of the molecule is C#C[C@H](C)NC(=O)c1ccn(C)n1.